The summed E-state index contributed by atoms with van der Waals surface area (Å²) in [4.78, 5) is 50.1. The van der Waals surface area contributed by atoms with Crippen molar-refractivity contribution in [2.45, 2.75) is 45.7 Å². The van der Waals surface area contributed by atoms with E-state index in [4.69, 9.17) is 10.5 Å². The molecule has 2 heterocycles. The molecular weight excluding hydrogens is 350 g/mol. The van der Waals surface area contributed by atoms with E-state index >= 15 is 0 Å². The van der Waals surface area contributed by atoms with Crippen LogP contribution in [0, 0.1) is 5.41 Å². The van der Waals surface area contributed by atoms with Gasteiger partial charge in [0.25, 0.3) is 11.8 Å². The zero-order valence-corrected chi connectivity index (χ0v) is 15.6. The number of piperidine rings is 1. The maximum absolute atomic E-state index is 12.9. The highest BCUT2D eigenvalue weighted by atomic mass is 16.5. The smallest absolute Gasteiger partial charge is 0.266 e. The quantitative estimate of drug-likeness (QED) is 0.755. The second kappa shape index (κ2) is 6.77. The van der Waals surface area contributed by atoms with E-state index in [2.05, 4.69) is 5.32 Å². The molecule has 2 aliphatic heterocycles. The number of nitrogens with two attached hydrogens (primary N) is 1. The number of amides is 4. The second-order valence-electron chi connectivity index (χ2n) is 7.91. The average Bonchev–Trinajstić information content (AvgIpc) is 2.84. The molecule has 2 aliphatic rings. The van der Waals surface area contributed by atoms with E-state index in [1.165, 1.54) is 6.07 Å². The Hall–Kier alpha value is -2.74. The van der Waals surface area contributed by atoms with Gasteiger partial charge >= 0.3 is 0 Å². The fourth-order valence-electron chi connectivity index (χ4n) is 3.03. The summed E-state index contributed by atoms with van der Waals surface area (Å²) in [5.74, 6) is -1.94. The van der Waals surface area contributed by atoms with Crippen molar-refractivity contribution in [3.05, 3.63) is 29.3 Å². The van der Waals surface area contributed by atoms with Gasteiger partial charge in [-0.1, -0.05) is 26.8 Å². The number of imide groups is 2. The van der Waals surface area contributed by atoms with Crippen molar-refractivity contribution >= 4 is 23.6 Å². The lowest BCUT2D eigenvalue weighted by atomic mass is 9.88. The van der Waals surface area contributed by atoms with E-state index in [0.29, 0.717) is 0 Å². The molecule has 3 rings (SSSR count). The summed E-state index contributed by atoms with van der Waals surface area (Å²) >= 11 is 0. The van der Waals surface area contributed by atoms with Crippen molar-refractivity contribution in [3.8, 4) is 5.75 Å². The average molecular weight is 373 g/mol. The highest BCUT2D eigenvalue weighted by Crippen LogP contribution is 2.34. The molecule has 3 N–H and O–H groups in total. The maximum Gasteiger partial charge on any atom is 0.266 e. The van der Waals surface area contributed by atoms with Gasteiger partial charge in [0.05, 0.1) is 11.1 Å². The highest BCUT2D eigenvalue weighted by Gasteiger charge is 2.46. The summed E-state index contributed by atoms with van der Waals surface area (Å²) in [6.45, 7) is 6.13. The highest BCUT2D eigenvalue weighted by molar-refractivity contribution is 6.24. The summed E-state index contributed by atoms with van der Waals surface area (Å²) in [6.07, 6.45) is 0.189. The van der Waals surface area contributed by atoms with Crippen LogP contribution in [0.4, 0.5) is 0 Å². The molecule has 8 nitrogen and oxygen atoms in total. The Balaban J connectivity index is 1.86. The first-order valence-corrected chi connectivity index (χ1v) is 8.84. The van der Waals surface area contributed by atoms with Gasteiger partial charge in [-0.2, -0.15) is 0 Å². The van der Waals surface area contributed by atoms with Crippen LogP contribution in [-0.4, -0.2) is 47.2 Å². The van der Waals surface area contributed by atoms with E-state index in [0.717, 1.165) is 4.90 Å². The Morgan fingerprint density at radius 3 is 2.56 bits per heavy atom. The number of carbonyl (C=O) groups is 4. The molecule has 4 amide bonds. The molecule has 1 aromatic rings. The third-order valence-corrected chi connectivity index (χ3v) is 4.96. The third-order valence-electron chi connectivity index (χ3n) is 4.96. The number of fused-ring (bicyclic) bond motifs is 1. The Labute approximate surface area is 157 Å². The topological polar surface area (TPSA) is 119 Å². The summed E-state index contributed by atoms with van der Waals surface area (Å²) in [6, 6.07) is 3.48. The van der Waals surface area contributed by atoms with E-state index in [1.807, 2.05) is 20.8 Å². The van der Waals surface area contributed by atoms with Crippen LogP contribution >= 0.6 is 0 Å². The second-order valence-corrected chi connectivity index (χ2v) is 7.91. The van der Waals surface area contributed by atoms with Crippen LogP contribution in [0.5, 0.6) is 5.75 Å². The molecule has 0 spiro atoms. The van der Waals surface area contributed by atoms with Gasteiger partial charge in [0.15, 0.2) is 0 Å². The van der Waals surface area contributed by atoms with Crippen molar-refractivity contribution in [1.29, 1.82) is 0 Å². The Morgan fingerprint density at radius 2 is 1.93 bits per heavy atom. The van der Waals surface area contributed by atoms with Gasteiger partial charge in [0.2, 0.25) is 11.8 Å². The van der Waals surface area contributed by atoms with Crippen molar-refractivity contribution in [2.75, 3.05) is 6.61 Å². The van der Waals surface area contributed by atoms with Crippen molar-refractivity contribution in [2.24, 2.45) is 11.1 Å². The molecule has 0 radical (unpaired) electrons. The maximum atomic E-state index is 12.9. The molecule has 1 saturated heterocycles. The standard InChI is InChI=1S/C19H23N3O5/c1-19(2,3)13(20)9-27-12-6-4-5-10-15(12)18(26)22(17(10)25)11-7-8-14(23)21-16(11)24/h4-6,11,13H,7-9,20H2,1-3H3,(H,21,23,24)/t11?,13-/m1/s1. The molecule has 1 fully saturated rings. The molecule has 144 valence electrons. The SMILES string of the molecule is CC(C)(C)[C@H](N)COc1cccc2c1C(=O)N(C1CCC(=O)NC1=O)C2=O. The number of benzene rings is 1. The van der Waals surface area contributed by atoms with Crippen LogP contribution in [0.1, 0.15) is 54.3 Å². The minimum Gasteiger partial charge on any atom is -0.491 e. The van der Waals surface area contributed by atoms with Crippen molar-refractivity contribution in [3.63, 3.8) is 0 Å². The molecule has 0 aromatic heterocycles. The molecule has 1 unspecified atom stereocenters. The van der Waals surface area contributed by atoms with Gasteiger partial charge < -0.3 is 10.5 Å². The van der Waals surface area contributed by atoms with E-state index in [1.54, 1.807) is 12.1 Å². The number of ether oxygens (including phenoxy) is 1. The minimum absolute atomic E-state index is 0.0770. The summed E-state index contributed by atoms with van der Waals surface area (Å²) < 4.78 is 5.76. The number of nitrogens with one attached hydrogen (secondary N) is 1. The normalized spacial score (nSPS) is 21.2. The fraction of sp³-hybridized carbons (Fsp3) is 0.474. The zero-order valence-electron chi connectivity index (χ0n) is 15.6. The van der Waals surface area contributed by atoms with Gasteiger partial charge in [-0.05, 0) is 24.0 Å². The van der Waals surface area contributed by atoms with E-state index in [-0.39, 0.29) is 47.8 Å². The van der Waals surface area contributed by atoms with Gasteiger partial charge in [-0.25, -0.2) is 0 Å². The number of nitrogens with zero attached hydrogens (tertiary/aromatic N) is 1. The van der Waals surface area contributed by atoms with Gasteiger partial charge in [-0.3, -0.25) is 29.4 Å². The van der Waals surface area contributed by atoms with E-state index in [9.17, 15) is 19.2 Å². The molecule has 27 heavy (non-hydrogen) atoms. The van der Waals surface area contributed by atoms with Crippen LogP contribution in [-0.2, 0) is 9.59 Å². The van der Waals surface area contributed by atoms with Crippen LogP contribution in [0.15, 0.2) is 18.2 Å². The molecule has 2 atom stereocenters. The van der Waals surface area contributed by atoms with Crippen LogP contribution in [0.25, 0.3) is 0 Å². The first-order chi connectivity index (χ1) is 12.6. The lowest BCUT2D eigenvalue weighted by molar-refractivity contribution is -0.136. The number of rotatable bonds is 4. The first kappa shape index (κ1) is 19.0. The fourth-order valence-corrected chi connectivity index (χ4v) is 3.03. The predicted octanol–water partition coefficient (Wildman–Crippen LogP) is 0.840. The van der Waals surface area contributed by atoms with Gasteiger partial charge in [-0.15, -0.1) is 0 Å². The summed E-state index contributed by atoms with van der Waals surface area (Å²) in [5, 5.41) is 2.17. The minimum atomic E-state index is -1.00. The Bertz CT molecular complexity index is 827. The molecule has 0 saturated carbocycles. The third kappa shape index (κ3) is 3.44. The predicted molar refractivity (Wildman–Crippen MR) is 96.0 cm³/mol. The number of carbonyl (C=O) groups excluding carboxylic acids is 4. The summed E-state index contributed by atoms with van der Waals surface area (Å²) in [7, 11) is 0. The zero-order chi connectivity index (χ0) is 19.9. The number of hydrogen-bond acceptors (Lipinski definition) is 6. The van der Waals surface area contributed by atoms with Gasteiger partial charge in [0, 0.05) is 12.5 Å². The molecular formula is C19H23N3O5. The van der Waals surface area contributed by atoms with Crippen LogP contribution in [0.3, 0.4) is 0 Å². The largest absolute Gasteiger partial charge is 0.491 e. The molecule has 1 aromatic carbocycles. The van der Waals surface area contributed by atoms with Crippen LogP contribution < -0.4 is 15.8 Å². The number of hydrogen-bond donors (Lipinski definition) is 2. The Kier molecular flexibility index (Phi) is 4.77. The Morgan fingerprint density at radius 1 is 1.22 bits per heavy atom. The molecule has 0 bridgehead atoms. The van der Waals surface area contributed by atoms with Gasteiger partial charge in [0.1, 0.15) is 18.4 Å². The van der Waals surface area contributed by atoms with Crippen molar-refractivity contribution < 1.29 is 23.9 Å². The molecule has 0 aliphatic carbocycles. The van der Waals surface area contributed by atoms with E-state index < -0.39 is 29.7 Å². The first-order valence-electron chi connectivity index (χ1n) is 8.84. The lowest BCUT2D eigenvalue weighted by Crippen LogP contribution is -2.54. The lowest BCUT2D eigenvalue weighted by Gasteiger charge is -2.28. The van der Waals surface area contributed by atoms with Crippen molar-refractivity contribution in [1.82, 2.24) is 10.2 Å². The summed E-state index contributed by atoms with van der Waals surface area (Å²) in [5.41, 5.74) is 6.24. The monoisotopic (exact) mass is 373 g/mol. The molecule has 8 heteroatoms. The van der Waals surface area contributed by atoms with Crippen LogP contribution in [0.2, 0.25) is 0 Å².